The molecule has 0 N–H and O–H groups in total. The third-order valence-corrected chi connectivity index (χ3v) is 6.51. The predicted molar refractivity (Wildman–Crippen MR) is 70.3 cm³/mol. The highest BCUT2D eigenvalue weighted by Gasteiger charge is 2.56. The van der Waals surface area contributed by atoms with Crippen LogP contribution in [0.15, 0.2) is 0 Å². The van der Waals surface area contributed by atoms with E-state index in [9.17, 15) is 0 Å². The van der Waals surface area contributed by atoms with Gasteiger partial charge in [-0.05, 0) is 59.9 Å². The molecule has 0 nitrogen and oxygen atoms in total. The molecule has 2 rings (SSSR count). The molecule has 88 valence electrons. The molecule has 1 aliphatic heterocycles. The smallest absolute Gasteiger partial charge is 0.00104 e. The second kappa shape index (κ2) is 3.98. The second-order valence-corrected chi connectivity index (χ2v) is 7.66. The summed E-state index contributed by atoms with van der Waals surface area (Å²) in [6.07, 6.45) is 6.02. The molecule has 0 aromatic rings. The zero-order valence-electron chi connectivity index (χ0n) is 10.8. The van der Waals surface area contributed by atoms with Crippen molar-refractivity contribution in [1.82, 2.24) is 0 Å². The first-order chi connectivity index (χ1) is 7.01. The van der Waals surface area contributed by atoms with Gasteiger partial charge in [-0.3, -0.25) is 0 Å². The summed E-state index contributed by atoms with van der Waals surface area (Å²) in [5.41, 5.74) is 1.44. The highest BCUT2D eigenvalue weighted by atomic mass is 32.2. The first kappa shape index (κ1) is 11.8. The fourth-order valence-corrected chi connectivity index (χ4v) is 5.29. The Morgan fingerprint density at radius 2 is 1.60 bits per heavy atom. The molecule has 2 fully saturated rings. The molecule has 0 radical (unpaired) electrons. The summed E-state index contributed by atoms with van der Waals surface area (Å²) in [5.74, 6) is 4.61. The fraction of sp³-hybridized carbons (Fsp3) is 1.00. The lowest BCUT2D eigenvalue weighted by atomic mass is 9.45. The minimum Gasteiger partial charge on any atom is -0.161 e. The van der Waals surface area contributed by atoms with Gasteiger partial charge in [0.15, 0.2) is 0 Å². The minimum absolute atomic E-state index is 0.678. The van der Waals surface area contributed by atoms with Crippen molar-refractivity contribution in [3.8, 4) is 0 Å². The van der Waals surface area contributed by atoms with Crippen LogP contribution in [0.3, 0.4) is 0 Å². The molecule has 1 spiro atoms. The van der Waals surface area contributed by atoms with Gasteiger partial charge in [-0.15, -0.1) is 0 Å². The van der Waals surface area contributed by atoms with E-state index in [-0.39, 0.29) is 0 Å². The summed E-state index contributed by atoms with van der Waals surface area (Å²) >= 11 is 2.20. The van der Waals surface area contributed by atoms with E-state index in [1.165, 1.54) is 37.2 Å². The molecule has 1 aliphatic carbocycles. The van der Waals surface area contributed by atoms with Gasteiger partial charge < -0.3 is 0 Å². The maximum Gasteiger partial charge on any atom is -0.00104 e. The van der Waals surface area contributed by atoms with Crippen molar-refractivity contribution >= 4 is 11.8 Å². The Bertz CT molecular complexity index is 205. The van der Waals surface area contributed by atoms with Gasteiger partial charge in [-0.1, -0.05) is 27.7 Å². The molecular formula is C14H26S. The minimum atomic E-state index is 0.678. The topological polar surface area (TPSA) is 0 Å². The molecule has 1 saturated carbocycles. The van der Waals surface area contributed by atoms with E-state index in [1.807, 2.05) is 0 Å². The molecule has 0 aromatic carbocycles. The van der Waals surface area contributed by atoms with Crippen molar-refractivity contribution in [2.45, 2.75) is 53.4 Å². The van der Waals surface area contributed by atoms with Crippen molar-refractivity contribution in [1.29, 1.82) is 0 Å². The second-order valence-electron chi connectivity index (χ2n) is 6.55. The Labute approximate surface area is 99.6 Å². The van der Waals surface area contributed by atoms with Crippen LogP contribution >= 0.6 is 11.8 Å². The van der Waals surface area contributed by atoms with E-state index >= 15 is 0 Å². The highest BCUT2D eigenvalue weighted by molar-refractivity contribution is 7.99. The average Bonchev–Trinajstić information content (AvgIpc) is 2.14. The van der Waals surface area contributed by atoms with E-state index in [2.05, 4.69) is 39.5 Å². The van der Waals surface area contributed by atoms with Gasteiger partial charge in [0.1, 0.15) is 0 Å². The van der Waals surface area contributed by atoms with Crippen LogP contribution in [0.4, 0.5) is 0 Å². The summed E-state index contributed by atoms with van der Waals surface area (Å²) < 4.78 is 0. The maximum absolute atomic E-state index is 2.43. The summed E-state index contributed by atoms with van der Waals surface area (Å²) in [7, 11) is 0. The van der Waals surface area contributed by atoms with Crippen molar-refractivity contribution < 1.29 is 0 Å². The van der Waals surface area contributed by atoms with Crippen LogP contribution in [0.2, 0.25) is 0 Å². The Morgan fingerprint density at radius 3 is 2.00 bits per heavy atom. The number of thioether (sulfide) groups is 1. The monoisotopic (exact) mass is 226 g/mol. The van der Waals surface area contributed by atoms with Crippen LogP contribution in [0, 0.1) is 22.7 Å². The molecule has 0 aromatic heterocycles. The van der Waals surface area contributed by atoms with Gasteiger partial charge in [0.2, 0.25) is 0 Å². The summed E-state index contributed by atoms with van der Waals surface area (Å²) in [6, 6.07) is 0. The standard InChI is InChI=1S/C14H26S/c1-11(2)14(12(3)4)8-13(9-14)6-5-7-15-10-13/h11-12H,5-10H2,1-4H3. The molecule has 1 saturated heterocycles. The zero-order valence-corrected chi connectivity index (χ0v) is 11.6. The van der Waals surface area contributed by atoms with Crippen molar-refractivity contribution in [2.24, 2.45) is 22.7 Å². The van der Waals surface area contributed by atoms with Gasteiger partial charge in [0.25, 0.3) is 0 Å². The SMILES string of the molecule is CC(C)C1(C(C)C)CC2(CCCSC2)C1. The largest absolute Gasteiger partial charge is 0.161 e. The van der Waals surface area contributed by atoms with E-state index in [0.717, 1.165) is 17.3 Å². The first-order valence-electron chi connectivity index (χ1n) is 6.59. The molecule has 0 amide bonds. The summed E-state index contributed by atoms with van der Waals surface area (Å²) in [6.45, 7) is 9.73. The summed E-state index contributed by atoms with van der Waals surface area (Å²) in [5, 5.41) is 0. The first-order valence-corrected chi connectivity index (χ1v) is 7.74. The number of hydrogen-bond donors (Lipinski definition) is 0. The normalized spacial score (nSPS) is 28.4. The molecule has 0 atom stereocenters. The van der Waals surface area contributed by atoms with Crippen LogP contribution in [0.5, 0.6) is 0 Å². The Morgan fingerprint density at radius 1 is 1.00 bits per heavy atom. The Kier molecular flexibility index (Phi) is 3.14. The van der Waals surface area contributed by atoms with Crippen LogP contribution in [0.1, 0.15) is 53.4 Å². The lowest BCUT2D eigenvalue weighted by Crippen LogP contribution is -2.54. The lowest BCUT2D eigenvalue weighted by Gasteiger charge is -2.62. The van der Waals surface area contributed by atoms with Gasteiger partial charge in [-0.25, -0.2) is 0 Å². The highest BCUT2D eigenvalue weighted by Crippen LogP contribution is 2.65. The third kappa shape index (κ3) is 1.85. The molecule has 0 unspecified atom stereocenters. The molecule has 1 heteroatoms. The van der Waals surface area contributed by atoms with E-state index in [4.69, 9.17) is 0 Å². The summed E-state index contributed by atoms with van der Waals surface area (Å²) in [4.78, 5) is 0. The van der Waals surface area contributed by atoms with Crippen LogP contribution in [-0.4, -0.2) is 11.5 Å². The number of hydrogen-bond acceptors (Lipinski definition) is 1. The average molecular weight is 226 g/mol. The number of rotatable bonds is 2. The lowest BCUT2D eigenvalue weighted by molar-refractivity contribution is -0.100. The fourth-order valence-electron chi connectivity index (χ4n) is 4.02. The van der Waals surface area contributed by atoms with Gasteiger partial charge >= 0.3 is 0 Å². The van der Waals surface area contributed by atoms with Crippen molar-refractivity contribution in [3.63, 3.8) is 0 Å². The quantitative estimate of drug-likeness (QED) is 0.663. The van der Waals surface area contributed by atoms with Crippen molar-refractivity contribution in [2.75, 3.05) is 11.5 Å². The van der Waals surface area contributed by atoms with Crippen LogP contribution in [-0.2, 0) is 0 Å². The Balaban J connectivity index is 2.04. The molecule has 0 bridgehead atoms. The van der Waals surface area contributed by atoms with Crippen molar-refractivity contribution in [3.05, 3.63) is 0 Å². The van der Waals surface area contributed by atoms with E-state index in [1.54, 1.807) is 0 Å². The van der Waals surface area contributed by atoms with Gasteiger partial charge in [0, 0.05) is 0 Å². The molecule has 1 heterocycles. The van der Waals surface area contributed by atoms with E-state index in [0.29, 0.717) is 5.41 Å². The zero-order chi connectivity index (χ0) is 11.1. The third-order valence-electron chi connectivity index (χ3n) is 5.11. The molecule has 15 heavy (non-hydrogen) atoms. The van der Waals surface area contributed by atoms with Crippen LogP contribution in [0.25, 0.3) is 0 Å². The van der Waals surface area contributed by atoms with E-state index < -0.39 is 0 Å². The predicted octanol–water partition coefficient (Wildman–Crippen LogP) is 4.59. The van der Waals surface area contributed by atoms with Gasteiger partial charge in [-0.2, -0.15) is 11.8 Å². The molecular weight excluding hydrogens is 200 g/mol. The van der Waals surface area contributed by atoms with Gasteiger partial charge in [0.05, 0.1) is 0 Å². The van der Waals surface area contributed by atoms with Crippen LogP contribution < -0.4 is 0 Å². The maximum atomic E-state index is 2.43. The Hall–Kier alpha value is 0.350. The molecule has 2 aliphatic rings.